The Morgan fingerprint density at radius 2 is 1.08 bits per heavy atom. The van der Waals surface area contributed by atoms with E-state index in [0.717, 1.165) is 61.3 Å². The van der Waals surface area contributed by atoms with Gasteiger partial charge in [0.05, 0.1) is 93.6 Å². The van der Waals surface area contributed by atoms with E-state index in [1.807, 2.05) is 9.80 Å². The number of carbonyl (C=O) groups excluding carboxylic acids is 2. The Morgan fingerprint density at radius 3 is 1.38 bits per heavy atom. The molecule has 2 saturated heterocycles. The molecular formula is C17H34N5O2+. The number of quaternary nitrogens is 2. The summed E-state index contributed by atoms with van der Waals surface area (Å²) in [6, 6.07) is 0. The highest BCUT2D eigenvalue weighted by Gasteiger charge is 2.29. The van der Waals surface area contributed by atoms with Gasteiger partial charge in [0.15, 0.2) is 0 Å². The summed E-state index contributed by atoms with van der Waals surface area (Å²) in [7, 11) is 12.6. The summed E-state index contributed by atoms with van der Waals surface area (Å²) in [5.41, 5.74) is 0. The lowest BCUT2D eigenvalue weighted by Crippen LogP contribution is -2.58. The van der Waals surface area contributed by atoms with Gasteiger partial charge in [-0.1, -0.05) is 0 Å². The lowest BCUT2D eigenvalue weighted by molar-refractivity contribution is -0.894. The zero-order chi connectivity index (χ0) is 18.0. The van der Waals surface area contributed by atoms with Gasteiger partial charge in [0.2, 0.25) is 11.8 Å². The van der Waals surface area contributed by atoms with Crippen molar-refractivity contribution in [2.24, 2.45) is 0 Å². The third kappa shape index (κ3) is 5.43. The molecule has 0 aromatic carbocycles. The van der Waals surface area contributed by atoms with Gasteiger partial charge >= 0.3 is 0 Å². The van der Waals surface area contributed by atoms with Crippen molar-refractivity contribution >= 4 is 11.8 Å². The van der Waals surface area contributed by atoms with Gasteiger partial charge in [-0.2, -0.15) is 0 Å². The molecule has 0 spiro atoms. The highest BCUT2D eigenvalue weighted by atomic mass is 16.2. The van der Waals surface area contributed by atoms with Gasteiger partial charge in [-0.05, 0) is 0 Å². The molecule has 0 radical (unpaired) electrons. The maximum absolute atomic E-state index is 12.4. The van der Waals surface area contributed by atoms with Crippen molar-refractivity contribution < 1.29 is 18.6 Å². The second kappa shape index (κ2) is 7.37. The molecule has 2 amide bonds. The van der Waals surface area contributed by atoms with Gasteiger partial charge in [-0.3, -0.25) is 16.6 Å². The molecule has 0 bridgehead atoms. The largest absolute Gasteiger partial charge is 0.444 e. The molecule has 2 heterocycles. The molecule has 0 aliphatic carbocycles. The van der Waals surface area contributed by atoms with Gasteiger partial charge in [-0.25, -0.2) is 0 Å². The fraction of sp³-hybridized carbons (Fsp3) is 0.824. The summed E-state index contributed by atoms with van der Waals surface area (Å²) in [6.07, 6.45) is 0. The smallest absolute Gasteiger partial charge is 0.234 e. The van der Waals surface area contributed by atoms with Crippen LogP contribution in [0.25, 0.3) is 0 Å². The molecule has 7 heteroatoms. The minimum atomic E-state index is 0.0777. The molecule has 0 saturated carbocycles. The number of carbonyl (C=O) groups is 2. The van der Waals surface area contributed by atoms with Crippen LogP contribution < -0.4 is 0 Å². The Morgan fingerprint density at radius 1 is 0.792 bits per heavy atom. The monoisotopic (exact) mass is 340 g/mol. The van der Waals surface area contributed by atoms with Crippen LogP contribution in [0, 0.1) is 7.05 Å². The zero-order valence-corrected chi connectivity index (χ0v) is 15.8. The zero-order valence-electron chi connectivity index (χ0n) is 15.8. The fourth-order valence-electron chi connectivity index (χ4n) is 3.15. The van der Waals surface area contributed by atoms with E-state index >= 15 is 0 Å². The van der Waals surface area contributed by atoms with Gasteiger partial charge in [-0.15, -0.1) is 0 Å². The first-order valence-corrected chi connectivity index (χ1v) is 8.83. The summed E-state index contributed by atoms with van der Waals surface area (Å²) in [5.74, 6) is 0.155. The van der Waals surface area contributed by atoms with Crippen molar-refractivity contribution in [3.05, 3.63) is 7.05 Å². The maximum Gasteiger partial charge on any atom is 0.234 e. The number of hydrogen-bond donors (Lipinski definition) is 0. The van der Waals surface area contributed by atoms with Crippen LogP contribution in [0.5, 0.6) is 0 Å². The number of nitrogens with zero attached hydrogens (tertiary/aromatic N) is 5. The molecule has 0 unspecified atom stereocenters. The lowest BCUT2D eigenvalue weighted by atomic mass is 10.2. The molecule has 0 aromatic heterocycles. The molecule has 0 aromatic rings. The van der Waals surface area contributed by atoms with E-state index in [9.17, 15) is 9.59 Å². The first-order valence-electron chi connectivity index (χ1n) is 8.83. The Labute approximate surface area is 146 Å². The highest BCUT2D eigenvalue weighted by molar-refractivity contribution is 5.81. The number of rotatable bonds is 4. The van der Waals surface area contributed by atoms with E-state index in [4.69, 9.17) is 0 Å². The standard InChI is InChI=1S/C17H34N5O2/c1-18(14-16(23)19-6-10-21(2,3)11-7-19)15-17(24)20-8-12-22(4,5)13-9-20/h1,6-15H2,2-5H3/q+1. The second-order valence-corrected chi connectivity index (χ2v) is 8.51. The van der Waals surface area contributed by atoms with Crippen molar-refractivity contribution in [3.63, 3.8) is 0 Å². The summed E-state index contributed by atoms with van der Waals surface area (Å²) in [4.78, 5) is 30.1. The Kier molecular flexibility index (Phi) is 5.88. The third-order valence-electron chi connectivity index (χ3n) is 5.32. The minimum absolute atomic E-state index is 0.0777. The van der Waals surface area contributed by atoms with Crippen molar-refractivity contribution in [2.45, 2.75) is 0 Å². The number of amides is 2. The molecule has 138 valence electrons. The number of hydrogen-bond acceptors (Lipinski definition) is 3. The third-order valence-corrected chi connectivity index (χ3v) is 5.32. The van der Waals surface area contributed by atoms with Crippen molar-refractivity contribution in [2.75, 3.05) is 93.6 Å². The molecular weight excluding hydrogens is 306 g/mol. The van der Waals surface area contributed by atoms with Crippen LogP contribution in [-0.4, -0.2) is 129 Å². The SMILES string of the molecule is [CH2-]N(CC(=O)N1CC[N+](C)(C)CC1)CC(=O)N1CC[N+](C)(C)CC1. The van der Waals surface area contributed by atoms with Crippen LogP contribution in [0.1, 0.15) is 0 Å². The first kappa shape index (κ1) is 19.1. The Balaban J connectivity index is 1.73. The van der Waals surface area contributed by atoms with E-state index in [0.29, 0.717) is 0 Å². The minimum Gasteiger partial charge on any atom is -0.444 e. The van der Waals surface area contributed by atoms with Crippen LogP contribution >= 0.6 is 0 Å². The average Bonchev–Trinajstić information content (AvgIpc) is 2.46. The first-order chi connectivity index (χ1) is 11.1. The second-order valence-electron chi connectivity index (χ2n) is 8.51. The molecule has 2 aliphatic heterocycles. The van der Waals surface area contributed by atoms with E-state index in [2.05, 4.69) is 35.2 Å². The van der Waals surface area contributed by atoms with E-state index in [1.54, 1.807) is 4.90 Å². The van der Waals surface area contributed by atoms with Gasteiger partial charge in [0.25, 0.3) is 0 Å². The molecule has 2 fully saturated rings. The summed E-state index contributed by atoms with van der Waals surface area (Å²) in [5, 5.41) is 0. The molecule has 24 heavy (non-hydrogen) atoms. The van der Waals surface area contributed by atoms with Crippen LogP contribution in [-0.2, 0) is 9.59 Å². The predicted octanol–water partition coefficient (Wildman–Crippen LogP) is -1.08. The van der Waals surface area contributed by atoms with Crippen molar-refractivity contribution in [1.82, 2.24) is 14.7 Å². The normalized spacial score (nSPS) is 23.4. The Hall–Kier alpha value is -1.18. The van der Waals surface area contributed by atoms with Gasteiger partial charge in [0, 0.05) is 0 Å². The van der Waals surface area contributed by atoms with Crippen molar-refractivity contribution in [3.8, 4) is 0 Å². The predicted molar refractivity (Wildman–Crippen MR) is 93.8 cm³/mol. The number of piperazine rings is 2. The Bertz CT molecular complexity index is 416. The van der Waals surface area contributed by atoms with E-state index < -0.39 is 0 Å². The van der Waals surface area contributed by atoms with Crippen LogP contribution in [0.4, 0.5) is 0 Å². The molecule has 2 rings (SSSR count). The van der Waals surface area contributed by atoms with Crippen LogP contribution in [0.2, 0.25) is 0 Å². The van der Waals surface area contributed by atoms with E-state index in [-0.39, 0.29) is 24.9 Å². The lowest BCUT2D eigenvalue weighted by Gasteiger charge is -2.41. The van der Waals surface area contributed by atoms with Gasteiger partial charge < -0.3 is 23.7 Å². The van der Waals surface area contributed by atoms with Crippen LogP contribution in [0.15, 0.2) is 0 Å². The quantitative estimate of drug-likeness (QED) is 0.483. The molecule has 0 N–H and O–H groups in total. The molecule has 2 aliphatic rings. The van der Waals surface area contributed by atoms with Gasteiger partial charge in [0.1, 0.15) is 0 Å². The number of likely N-dealkylation sites (N-methyl/N-ethyl adjacent to an activating group) is 2. The highest BCUT2D eigenvalue weighted by Crippen LogP contribution is 2.09. The molecule has 0 atom stereocenters. The van der Waals surface area contributed by atoms with Crippen molar-refractivity contribution in [1.29, 1.82) is 0 Å². The fourth-order valence-corrected chi connectivity index (χ4v) is 3.15. The van der Waals surface area contributed by atoms with Crippen LogP contribution in [0.3, 0.4) is 0 Å². The maximum atomic E-state index is 12.4. The topological polar surface area (TPSA) is 43.9 Å². The summed E-state index contributed by atoms with van der Waals surface area (Å²) >= 11 is 0. The van der Waals surface area contributed by atoms with E-state index in [1.165, 1.54) is 0 Å². The summed E-state index contributed by atoms with van der Waals surface area (Å²) in [6.45, 7) is 7.47. The molecule has 7 nitrogen and oxygen atoms in total. The average molecular weight is 340 g/mol. The summed E-state index contributed by atoms with van der Waals surface area (Å²) < 4.78 is 1.92.